The Morgan fingerprint density at radius 1 is 1.19 bits per heavy atom. The molecule has 32 heavy (non-hydrogen) atoms. The van der Waals surface area contributed by atoms with Gasteiger partial charge in [0, 0.05) is 12.1 Å². The second-order valence-corrected chi connectivity index (χ2v) is 8.81. The number of ether oxygens (including phenoxy) is 3. The van der Waals surface area contributed by atoms with Gasteiger partial charge in [0.15, 0.2) is 0 Å². The van der Waals surface area contributed by atoms with Gasteiger partial charge >= 0.3 is 12.0 Å². The molecule has 1 N–H and O–H groups in total. The van der Waals surface area contributed by atoms with Crippen molar-refractivity contribution in [3.05, 3.63) is 45.6 Å². The molecule has 1 fully saturated rings. The number of carbonyl (C=O) groups excluding carboxylic acids is 2. The Morgan fingerprint density at radius 3 is 2.84 bits per heavy atom. The van der Waals surface area contributed by atoms with Crippen LogP contribution in [-0.4, -0.2) is 68.3 Å². The summed E-state index contributed by atoms with van der Waals surface area (Å²) in [4.78, 5) is 29.3. The van der Waals surface area contributed by atoms with Gasteiger partial charge in [-0.25, -0.2) is 9.59 Å². The molecule has 1 aromatic carbocycles. The van der Waals surface area contributed by atoms with Crippen LogP contribution < -0.4 is 10.1 Å². The SMILES string of the molecule is COC(=O)c1sccc1NC(=O)N1CCOc2ccc(COCCN3CCCC3)cc2C1. The number of benzene rings is 1. The van der Waals surface area contributed by atoms with Crippen LogP contribution in [0.4, 0.5) is 10.5 Å². The first-order valence-corrected chi connectivity index (χ1v) is 11.8. The summed E-state index contributed by atoms with van der Waals surface area (Å²) < 4.78 is 16.5. The van der Waals surface area contributed by atoms with Gasteiger partial charge in [-0.15, -0.1) is 11.3 Å². The summed E-state index contributed by atoms with van der Waals surface area (Å²) in [5.74, 6) is 0.320. The fourth-order valence-electron chi connectivity index (χ4n) is 3.95. The Labute approximate surface area is 192 Å². The van der Waals surface area contributed by atoms with Crippen LogP contribution in [-0.2, 0) is 22.6 Å². The van der Waals surface area contributed by atoms with Crippen LogP contribution >= 0.6 is 11.3 Å². The van der Waals surface area contributed by atoms with Gasteiger partial charge in [0.2, 0.25) is 0 Å². The van der Waals surface area contributed by atoms with Crippen LogP contribution in [0.2, 0.25) is 0 Å². The summed E-state index contributed by atoms with van der Waals surface area (Å²) in [6, 6.07) is 7.43. The maximum absolute atomic E-state index is 12.9. The van der Waals surface area contributed by atoms with Gasteiger partial charge in [-0.1, -0.05) is 6.07 Å². The van der Waals surface area contributed by atoms with Gasteiger partial charge < -0.3 is 29.3 Å². The molecule has 2 aromatic rings. The Kier molecular flexibility index (Phi) is 7.62. The highest BCUT2D eigenvalue weighted by molar-refractivity contribution is 7.12. The molecule has 8 nitrogen and oxygen atoms in total. The van der Waals surface area contributed by atoms with Gasteiger partial charge in [-0.3, -0.25) is 0 Å². The molecule has 4 rings (SSSR count). The number of nitrogens with zero attached hydrogens (tertiary/aromatic N) is 2. The quantitative estimate of drug-likeness (QED) is 0.504. The van der Waals surface area contributed by atoms with Gasteiger partial charge in [0.05, 0.1) is 39.1 Å². The Balaban J connectivity index is 1.35. The number of esters is 1. The molecular formula is C23H29N3O5S. The van der Waals surface area contributed by atoms with Crippen LogP contribution in [0.5, 0.6) is 5.75 Å². The number of hydrogen-bond acceptors (Lipinski definition) is 7. The molecule has 0 saturated carbocycles. The highest BCUT2D eigenvalue weighted by Gasteiger charge is 2.23. The predicted molar refractivity (Wildman–Crippen MR) is 122 cm³/mol. The predicted octanol–water partition coefficient (Wildman–Crippen LogP) is 3.57. The summed E-state index contributed by atoms with van der Waals surface area (Å²) in [6.07, 6.45) is 2.57. The largest absolute Gasteiger partial charge is 0.491 e. The number of fused-ring (bicyclic) bond motifs is 1. The van der Waals surface area contributed by atoms with Gasteiger partial charge in [-0.05, 0) is 55.1 Å². The number of hydrogen-bond donors (Lipinski definition) is 1. The molecule has 0 spiro atoms. The Hall–Kier alpha value is -2.62. The van der Waals surface area contributed by atoms with Crippen molar-refractivity contribution in [1.29, 1.82) is 0 Å². The number of rotatable bonds is 7. The zero-order chi connectivity index (χ0) is 22.3. The molecule has 2 aliphatic heterocycles. The summed E-state index contributed by atoms with van der Waals surface area (Å²) in [5, 5.41) is 4.58. The standard InChI is InChI=1S/C23H29N3O5S/c1-29-22(27)21-19(6-13-32-21)24-23(28)26-10-12-31-20-5-4-17(14-18(20)15-26)16-30-11-9-25-7-2-3-8-25/h4-6,13-14H,2-3,7-12,15-16H2,1H3,(H,24,28). The van der Waals surface area contributed by atoms with E-state index in [9.17, 15) is 9.59 Å². The Morgan fingerprint density at radius 2 is 2.03 bits per heavy atom. The van der Waals surface area contributed by atoms with Crippen molar-refractivity contribution in [2.45, 2.75) is 26.0 Å². The molecule has 3 heterocycles. The average Bonchev–Trinajstić information content (AvgIpc) is 3.44. The third-order valence-electron chi connectivity index (χ3n) is 5.69. The van der Waals surface area contributed by atoms with Crippen molar-refractivity contribution in [3.63, 3.8) is 0 Å². The van der Waals surface area contributed by atoms with E-state index in [2.05, 4.69) is 10.2 Å². The van der Waals surface area contributed by atoms with Gasteiger partial charge in [0.1, 0.15) is 17.2 Å². The topological polar surface area (TPSA) is 80.3 Å². The molecule has 0 aliphatic carbocycles. The fourth-order valence-corrected chi connectivity index (χ4v) is 4.72. The monoisotopic (exact) mass is 459 g/mol. The average molecular weight is 460 g/mol. The molecule has 1 saturated heterocycles. The van der Waals surface area contributed by atoms with Crippen LogP contribution in [0.15, 0.2) is 29.6 Å². The van der Waals surface area contributed by atoms with E-state index in [0.29, 0.717) is 43.5 Å². The lowest BCUT2D eigenvalue weighted by molar-refractivity contribution is 0.0607. The number of amides is 2. The van der Waals surface area contributed by atoms with E-state index in [1.807, 2.05) is 18.2 Å². The van der Waals surface area contributed by atoms with Crippen LogP contribution in [0.3, 0.4) is 0 Å². The molecule has 2 amide bonds. The zero-order valence-corrected chi connectivity index (χ0v) is 19.1. The van der Waals surface area contributed by atoms with E-state index in [-0.39, 0.29) is 6.03 Å². The Bertz CT molecular complexity index is 941. The maximum Gasteiger partial charge on any atom is 0.350 e. The third-order valence-corrected chi connectivity index (χ3v) is 6.58. The van der Waals surface area contributed by atoms with Crippen molar-refractivity contribution in [3.8, 4) is 5.75 Å². The van der Waals surface area contributed by atoms with Crippen molar-refractivity contribution in [2.75, 3.05) is 51.8 Å². The van der Waals surface area contributed by atoms with Crippen molar-refractivity contribution in [2.24, 2.45) is 0 Å². The maximum atomic E-state index is 12.9. The van der Waals surface area contributed by atoms with E-state index in [4.69, 9.17) is 14.2 Å². The molecule has 172 valence electrons. The van der Waals surface area contributed by atoms with Crippen molar-refractivity contribution < 1.29 is 23.8 Å². The first-order valence-electron chi connectivity index (χ1n) is 10.9. The first kappa shape index (κ1) is 22.6. The van der Waals surface area contributed by atoms with Crippen LogP contribution in [0.25, 0.3) is 0 Å². The number of anilines is 1. The van der Waals surface area contributed by atoms with Crippen LogP contribution in [0, 0.1) is 0 Å². The number of nitrogens with one attached hydrogen (secondary N) is 1. The summed E-state index contributed by atoms with van der Waals surface area (Å²) in [6.45, 7) is 5.82. The number of likely N-dealkylation sites (tertiary alicyclic amines) is 1. The highest BCUT2D eigenvalue weighted by Crippen LogP contribution is 2.27. The van der Waals surface area contributed by atoms with Crippen molar-refractivity contribution in [1.82, 2.24) is 9.80 Å². The molecule has 1 aromatic heterocycles. The summed E-state index contributed by atoms with van der Waals surface area (Å²) in [5.41, 5.74) is 2.45. The second kappa shape index (κ2) is 10.8. The lowest BCUT2D eigenvalue weighted by Gasteiger charge is -2.20. The van der Waals surface area contributed by atoms with E-state index in [1.165, 1.54) is 44.4 Å². The van der Waals surface area contributed by atoms with E-state index < -0.39 is 5.97 Å². The normalized spacial score (nSPS) is 16.2. The van der Waals surface area contributed by atoms with Crippen LogP contribution in [0.1, 0.15) is 33.6 Å². The molecular weight excluding hydrogens is 430 g/mol. The van der Waals surface area contributed by atoms with E-state index in [1.54, 1.807) is 16.3 Å². The van der Waals surface area contributed by atoms with Gasteiger partial charge in [-0.2, -0.15) is 0 Å². The molecule has 0 bridgehead atoms. The third kappa shape index (κ3) is 5.59. The molecule has 0 radical (unpaired) electrons. The van der Waals surface area contributed by atoms with Gasteiger partial charge in [0.25, 0.3) is 0 Å². The molecule has 0 unspecified atom stereocenters. The minimum Gasteiger partial charge on any atom is -0.491 e. The lowest BCUT2D eigenvalue weighted by Crippen LogP contribution is -2.36. The first-order chi connectivity index (χ1) is 15.6. The number of thiophene rings is 1. The number of urea groups is 1. The number of methoxy groups -OCH3 is 1. The molecule has 0 atom stereocenters. The minimum absolute atomic E-state index is 0.280. The lowest BCUT2D eigenvalue weighted by atomic mass is 10.1. The van der Waals surface area contributed by atoms with E-state index >= 15 is 0 Å². The number of carbonyl (C=O) groups is 2. The highest BCUT2D eigenvalue weighted by atomic mass is 32.1. The van der Waals surface area contributed by atoms with Crippen molar-refractivity contribution >= 4 is 29.0 Å². The summed E-state index contributed by atoms with van der Waals surface area (Å²) in [7, 11) is 1.32. The minimum atomic E-state index is -0.464. The fraction of sp³-hybridized carbons (Fsp3) is 0.478. The second-order valence-electron chi connectivity index (χ2n) is 7.90. The summed E-state index contributed by atoms with van der Waals surface area (Å²) >= 11 is 1.23. The molecule has 2 aliphatic rings. The zero-order valence-electron chi connectivity index (χ0n) is 18.3. The van der Waals surface area contributed by atoms with E-state index in [0.717, 1.165) is 23.4 Å². The smallest absolute Gasteiger partial charge is 0.350 e. The molecule has 9 heteroatoms.